The van der Waals surface area contributed by atoms with Crippen molar-refractivity contribution in [3.8, 4) is 0 Å². The quantitative estimate of drug-likeness (QED) is 0.414. The molecule has 0 nitrogen and oxygen atoms in total. The lowest BCUT2D eigenvalue weighted by molar-refractivity contribution is 0.778. The Kier molecular flexibility index (Phi) is 7.41. The fraction of sp³-hybridized carbons (Fsp3) is 1.00. The highest BCUT2D eigenvalue weighted by Crippen LogP contribution is 2.17. The van der Waals surface area contributed by atoms with E-state index in [0.29, 0.717) is 7.93 Å². The van der Waals surface area contributed by atoms with Crippen molar-refractivity contribution in [2.45, 2.75) is 26.2 Å². The van der Waals surface area contributed by atoms with Crippen LogP contribution in [0.15, 0.2) is 0 Å². The standard InChI is InChI=1S/C5H12ClP/c1-2-3-4-5-7-6/h7H,2-5H2,1H3. The molecule has 7 heavy (non-hydrogen) atoms. The zero-order valence-electron chi connectivity index (χ0n) is 4.71. The van der Waals surface area contributed by atoms with Gasteiger partial charge in [-0.15, -0.1) is 11.2 Å². The summed E-state index contributed by atoms with van der Waals surface area (Å²) in [7, 11) is 0.640. The molecular weight excluding hydrogens is 126 g/mol. The minimum atomic E-state index is 0.640. The second-order valence-corrected chi connectivity index (χ2v) is 3.16. The van der Waals surface area contributed by atoms with Crippen LogP contribution in [0.4, 0.5) is 0 Å². The van der Waals surface area contributed by atoms with Gasteiger partial charge in [-0.3, -0.25) is 0 Å². The van der Waals surface area contributed by atoms with Crippen LogP contribution in [0.2, 0.25) is 0 Å². The van der Waals surface area contributed by atoms with Gasteiger partial charge < -0.3 is 0 Å². The molecule has 0 saturated heterocycles. The van der Waals surface area contributed by atoms with E-state index in [9.17, 15) is 0 Å². The molecular formula is C5H12ClP. The van der Waals surface area contributed by atoms with Crippen molar-refractivity contribution in [1.82, 2.24) is 0 Å². The smallest absolute Gasteiger partial charge is 0.0214 e. The highest BCUT2D eigenvalue weighted by molar-refractivity contribution is 7.68. The maximum Gasteiger partial charge on any atom is -0.0214 e. The molecule has 0 rings (SSSR count). The molecule has 0 spiro atoms. The van der Waals surface area contributed by atoms with Gasteiger partial charge in [0.25, 0.3) is 0 Å². The molecule has 0 fully saturated rings. The molecule has 0 aliphatic carbocycles. The van der Waals surface area contributed by atoms with Crippen LogP contribution in [0, 0.1) is 0 Å². The highest BCUT2D eigenvalue weighted by Gasteiger charge is 1.81. The van der Waals surface area contributed by atoms with Gasteiger partial charge in [0.1, 0.15) is 0 Å². The number of rotatable bonds is 4. The molecule has 0 aromatic rings. The molecule has 0 aliphatic rings. The van der Waals surface area contributed by atoms with E-state index in [0.717, 1.165) is 0 Å². The third-order valence-corrected chi connectivity index (χ3v) is 1.98. The highest BCUT2D eigenvalue weighted by atomic mass is 35.7. The first-order valence-corrected chi connectivity index (χ1v) is 4.97. The van der Waals surface area contributed by atoms with Gasteiger partial charge in [-0.25, -0.2) is 0 Å². The normalized spacial score (nSPS) is 11.1. The third kappa shape index (κ3) is 6.72. The third-order valence-electron chi connectivity index (χ3n) is 0.875. The van der Waals surface area contributed by atoms with Crippen molar-refractivity contribution in [1.29, 1.82) is 0 Å². The maximum atomic E-state index is 5.47. The predicted molar refractivity (Wildman–Crippen MR) is 38.6 cm³/mol. The molecule has 0 aromatic carbocycles. The SMILES string of the molecule is CCCCCPCl. The maximum absolute atomic E-state index is 5.47. The zero-order chi connectivity index (χ0) is 5.54. The fourth-order valence-corrected chi connectivity index (χ4v) is 1.23. The van der Waals surface area contributed by atoms with E-state index >= 15 is 0 Å². The molecule has 0 aromatic heterocycles. The summed E-state index contributed by atoms with van der Waals surface area (Å²) >= 11 is 5.47. The summed E-state index contributed by atoms with van der Waals surface area (Å²) in [6, 6.07) is 0. The average molecular weight is 139 g/mol. The molecule has 0 amide bonds. The molecule has 1 atom stereocenters. The second-order valence-electron chi connectivity index (χ2n) is 1.59. The summed E-state index contributed by atoms with van der Waals surface area (Å²) in [6.07, 6.45) is 5.19. The topological polar surface area (TPSA) is 0 Å². The van der Waals surface area contributed by atoms with Gasteiger partial charge >= 0.3 is 0 Å². The Morgan fingerprint density at radius 2 is 2.14 bits per heavy atom. The van der Waals surface area contributed by atoms with Gasteiger partial charge in [-0.1, -0.05) is 19.8 Å². The Bertz CT molecular complexity index is 27.3. The number of hydrogen-bond acceptors (Lipinski definition) is 0. The minimum Gasteiger partial charge on any atom is -0.100 e. The second kappa shape index (κ2) is 6.72. The van der Waals surface area contributed by atoms with E-state index in [1.807, 2.05) is 0 Å². The van der Waals surface area contributed by atoms with Gasteiger partial charge in [-0.05, 0) is 20.5 Å². The van der Waals surface area contributed by atoms with Crippen LogP contribution in [0.3, 0.4) is 0 Å². The molecule has 0 aliphatic heterocycles. The summed E-state index contributed by atoms with van der Waals surface area (Å²) < 4.78 is 0. The average Bonchev–Trinajstić information content (AvgIpc) is 1.69. The number of halogens is 1. The van der Waals surface area contributed by atoms with Gasteiger partial charge in [0.2, 0.25) is 0 Å². The van der Waals surface area contributed by atoms with Crippen LogP contribution in [0.5, 0.6) is 0 Å². The summed E-state index contributed by atoms with van der Waals surface area (Å²) in [6.45, 7) is 2.21. The van der Waals surface area contributed by atoms with Gasteiger partial charge in [-0.2, -0.15) is 0 Å². The van der Waals surface area contributed by atoms with Crippen LogP contribution < -0.4 is 0 Å². The summed E-state index contributed by atoms with van der Waals surface area (Å²) in [5.41, 5.74) is 0. The molecule has 0 saturated carbocycles. The minimum absolute atomic E-state index is 0.640. The monoisotopic (exact) mass is 138 g/mol. The van der Waals surface area contributed by atoms with Crippen molar-refractivity contribution in [3.63, 3.8) is 0 Å². The van der Waals surface area contributed by atoms with Crippen molar-refractivity contribution in [2.75, 3.05) is 6.16 Å². The predicted octanol–water partition coefficient (Wildman–Crippen LogP) is 3.01. The first kappa shape index (κ1) is 7.72. The molecule has 0 heterocycles. The fourth-order valence-electron chi connectivity index (χ4n) is 0.442. The van der Waals surface area contributed by atoms with E-state index < -0.39 is 0 Å². The van der Waals surface area contributed by atoms with Crippen molar-refractivity contribution >= 4 is 19.2 Å². The lowest BCUT2D eigenvalue weighted by atomic mass is 10.3. The van der Waals surface area contributed by atoms with E-state index in [4.69, 9.17) is 11.2 Å². The van der Waals surface area contributed by atoms with Crippen LogP contribution in [-0.2, 0) is 0 Å². The van der Waals surface area contributed by atoms with Gasteiger partial charge in [0.05, 0.1) is 0 Å². The van der Waals surface area contributed by atoms with E-state index in [1.54, 1.807) is 0 Å². The van der Waals surface area contributed by atoms with Crippen LogP contribution >= 0.6 is 19.2 Å². The Morgan fingerprint density at radius 1 is 1.43 bits per heavy atom. The number of unbranched alkanes of at least 4 members (excludes halogenated alkanes) is 2. The molecule has 2 heteroatoms. The van der Waals surface area contributed by atoms with Crippen LogP contribution in [0.1, 0.15) is 26.2 Å². The molecule has 1 unspecified atom stereocenters. The zero-order valence-corrected chi connectivity index (χ0v) is 6.46. The lowest BCUT2D eigenvalue weighted by Crippen LogP contribution is -1.71. The van der Waals surface area contributed by atoms with E-state index in [1.165, 1.54) is 25.4 Å². The van der Waals surface area contributed by atoms with Crippen molar-refractivity contribution in [2.24, 2.45) is 0 Å². The summed E-state index contributed by atoms with van der Waals surface area (Å²) in [4.78, 5) is 0. The number of hydrogen-bond donors (Lipinski definition) is 0. The summed E-state index contributed by atoms with van der Waals surface area (Å²) in [5, 5.41) is 0. The molecule has 44 valence electrons. The van der Waals surface area contributed by atoms with Crippen LogP contribution in [-0.4, -0.2) is 6.16 Å². The molecule has 0 bridgehead atoms. The Morgan fingerprint density at radius 3 is 2.57 bits per heavy atom. The molecule has 0 radical (unpaired) electrons. The molecule has 0 N–H and O–H groups in total. The largest absolute Gasteiger partial charge is 0.100 e. The van der Waals surface area contributed by atoms with Crippen LogP contribution in [0.25, 0.3) is 0 Å². The van der Waals surface area contributed by atoms with Crippen molar-refractivity contribution < 1.29 is 0 Å². The van der Waals surface area contributed by atoms with E-state index in [-0.39, 0.29) is 0 Å². The van der Waals surface area contributed by atoms with Gasteiger partial charge in [0, 0.05) is 0 Å². The lowest BCUT2D eigenvalue weighted by Gasteiger charge is -1.89. The van der Waals surface area contributed by atoms with E-state index in [2.05, 4.69) is 6.92 Å². The first-order chi connectivity index (χ1) is 3.41. The Labute approximate surface area is 52.2 Å². The van der Waals surface area contributed by atoms with Crippen molar-refractivity contribution in [3.05, 3.63) is 0 Å². The Hall–Kier alpha value is 0.720. The summed E-state index contributed by atoms with van der Waals surface area (Å²) in [5.74, 6) is 0. The first-order valence-electron chi connectivity index (χ1n) is 2.75. The van der Waals surface area contributed by atoms with Gasteiger partial charge in [0.15, 0.2) is 0 Å². The Balaban J connectivity index is 2.45.